The molecule has 0 saturated carbocycles. The number of esters is 1. The molecule has 40 heavy (non-hydrogen) atoms. The minimum Gasteiger partial charge on any atom is -0.515 e. The predicted molar refractivity (Wildman–Crippen MR) is 148 cm³/mol. The second kappa shape index (κ2) is 23.5. The zero-order valence-electron chi connectivity index (χ0n) is 23.8. The van der Waals surface area contributed by atoms with Gasteiger partial charge in [0, 0.05) is 22.9 Å². The Hall–Kier alpha value is -2.20. The normalized spacial score (nSPS) is 11.8. The summed E-state index contributed by atoms with van der Waals surface area (Å²) in [7, 11) is 0. The average Bonchev–Trinajstić information content (AvgIpc) is 2.91. The van der Waals surface area contributed by atoms with Crippen LogP contribution >= 0.6 is 0 Å². The number of hydrogen-bond donors (Lipinski definition) is 1. The summed E-state index contributed by atoms with van der Waals surface area (Å²) in [5, 5.41) is 9.00. The Labute approximate surface area is 248 Å². The van der Waals surface area contributed by atoms with E-state index in [1.165, 1.54) is 89.9 Å². The fourth-order valence-electron chi connectivity index (χ4n) is 4.25. The van der Waals surface area contributed by atoms with Crippen molar-refractivity contribution in [3.05, 3.63) is 52.7 Å². The quantitative estimate of drug-likeness (QED) is 0.0354. The minimum atomic E-state index is -5.18. The van der Waals surface area contributed by atoms with Gasteiger partial charge in [-0.25, -0.2) is 4.85 Å². The Morgan fingerprint density at radius 2 is 1.25 bits per heavy atom. The molecule has 0 fully saturated rings. The molecule has 9 heteroatoms. The van der Waals surface area contributed by atoms with Gasteiger partial charge in [-0.15, -0.1) is 0 Å². The molecule has 0 aliphatic heterocycles. The number of hydrogen-bond acceptors (Lipinski definition) is 4. The summed E-state index contributed by atoms with van der Waals surface area (Å²) in [6, 6.07) is 7.16. The fraction of sp³-hybridized carbons (Fsp3) is 0.677. The molecule has 0 aromatic heterocycles. The van der Waals surface area contributed by atoms with Crippen molar-refractivity contribution in [2.24, 2.45) is 0 Å². The van der Waals surface area contributed by atoms with Crippen molar-refractivity contribution in [2.45, 2.75) is 122 Å². The molecule has 0 heterocycles. The molecule has 0 atom stereocenters. The van der Waals surface area contributed by atoms with Gasteiger partial charge in [0.1, 0.15) is 5.75 Å². The van der Waals surface area contributed by atoms with Crippen molar-refractivity contribution in [2.75, 3.05) is 13.2 Å². The van der Waals surface area contributed by atoms with Crippen LogP contribution in [0.25, 0.3) is 4.85 Å². The molecule has 1 aromatic carbocycles. The van der Waals surface area contributed by atoms with Crippen LogP contribution in [-0.4, -0.2) is 30.5 Å². The monoisotopic (exact) mass is 611 g/mol. The maximum atomic E-state index is 12.5. The van der Waals surface area contributed by atoms with Crippen LogP contribution < -0.4 is 4.74 Å². The van der Waals surface area contributed by atoms with Gasteiger partial charge in [-0.1, -0.05) is 115 Å². The molecule has 1 rings (SSSR count). The molecule has 0 bridgehead atoms. The molecule has 0 amide bonds. The number of nitrogens with zero attached hydrogens (tertiary/aromatic N) is 1. The third-order valence-corrected chi connectivity index (χ3v) is 6.61. The minimum absolute atomic E-state index is 0. The maximum absolute atomic E-state index is 12.5. The van der Waals surface area contributed by atoms with Crippen LogP contribution in [0, 0.1) is 6.57 Å². The number of halogens is 3. The van der Waals surface area contributed by atoms with Crippen LogP contribution in [0.2, 0.25) is 0 Å². The summed E-state index contributed by atoms with van der Waals surface area (Å²) in [6.07, 6.45) is 16.2. The van der Waals surface area contributed by atoms with Crippen LogP contribution in [0.15, 0.2) is 35.7 Å². The first-order valence-electron chi connectivity index (χ1n) is 14.6. The molecular weight excluding hydrogens is 566 g/mol. The van der Waals surface area contributed by atoms with E-state index in [-0.39, 0.29) is 29.5 Å². The van der Waals surface area contributed by atoms with Gasteiger partial charge in [0.05, 0.1) is 19.8 Å². The van der Waals surface area contributed by atoms with E-state index in [9.17, 15) is 18.0 Å². The van der Waals surface area contributed by atoms with Crippen molar-refractivity contribution in [1.82, 2.24) is 0 Å². The SMILES string of the molecule is [C-]#[N+]/C(C(=O)OCCc1ccc(OCCCCCCCCCCCCCCCCCC)cc1)=C(/O)C(F)(F)F.[Ni]. The van der Waals surface area contributed by atoms with Crippen LogP contribution in [0.3, 0.4) is 0 Å². The Kier molecular flexibility index (Phi) is 22.2. The zero-order chi connectivity index (χ0) is 28.8. The van der Waals surface area contributed by atoms with Crippen LogP contribution in [0.1, 0.15) is 115 Å². The van der Waals surface area contributed by atoms with E-state index in [2.05, 4.69) is 11.8 Å². The van der Waals surface area contributed by atoms with E-state index < -0.39 is 23.6 Å². The summed E-state index contributed by atoms with van der Waals surface area (Å²) in [5.74, 6) is -3.02. The second-order valence-electron chi connectivity index (χ2n) is 9.99. The molecule has 0 aliphatic rings. The fourth-order valence-corrected chi connectivity index (χ4v) is 4.25. The van der Waals surface area contributed by atoms with E-state index in [0.717, 1.165) is 24.2 Å². The Bertz CT molecular complexity index is 867. The number of allylic oxidation sites excluding steroid dienone is 1. The number of unbranched alkanes of at least 4 members (excludes halogenated alkanes) is 15. The van der Waals surface area contributed by atoms with E-state index in [1.807, 2.05) is 0 Å². The molecule has 5 nitrogen and oxygen atoms in total. The molecule has 230 valence electrons. The van der Waals surface area contributed by atoms with Gasteiger partial charge >= 0.3 is 17.8 Å². The second-order valence-corrected chi connectivity index (χ2v) is 9.99. The summed E-state index contributed by atoms with van der Waals surface area (Å²) in [5.41, 5.74) is -0.675. The first kappa shape index (κ1) is 37.8. The van der Waals surface area contributed by atoms with Gasteiger partial charge in [-0.05, 0) is 24.1 Å². The zero-order valence-corrected chi connectivity index (χ0v) is 24.8. The number of ether oxygens (including phenoxy) is 2. The largest absolute Gasteiger partial charge is 0.515 e. The standard InChI is InChI=1S/C31H46F3NO4.Ni/c1-3-4-5-6-7-8-9-10-11-12-13-14-15-16-17-18-24-38-27-21-19-26(20-22-27)23-25-39-30(37)28(35-2)29(36)31(32,33)34;/h19-22,36H,3-18,23-25H2,1H3;/b29-28+;. The Morgan fingerprint density at radius 1 is 0.800 bits per heavy atom. The van der Waals surface area contributed by atoms with Gasteiger partial charge in [-0.3, -0.25) is 4.79 Å². The number of carbonyl (C=O) groups is 1. The molecule has 1 aromatic rings. The van der Waals surface area contributed by atoms with Crippen molar-refractivity contribution in [3.8, 4) is 5.75 Å². The van der Waals surface area contributed by atoms with Crippen molar-refractivity contribution < 1.29 is 49.0 Å². The molecular formula is C31H46F3NNiO4. The van der Waals surface area contributed by atoms with Crippen LogP contribution in [-0.2, 0) is 32.4 Å². The van der Waals surface area contributed by atoms with Crippen LogP contribution in [0.4, 0.5) is 13.2 Å². The summed E-state index contributed by atoms with van der Waals surface area (Å²) >= 11 is 0. The Morgan fingerprint density at radius 3 is 1.68 bits per heavy atom. The van der Waals surface area contributed by atoms with Crippen LogP contribution in [0.5, 0.6) is 5.75 Å². The van der Waals surface area contributed by atoms with E-state index in [4.69, 9.17) is 21.2 Å². The van der Waals surface area contributed by atoms with Crippen molar-refractivity contribution in [3.63, 3.8) is 0 Å². The first-order chi connectivity index (χ1) is 18.8. The van der Waals surface area contributed by atoms with Gasteiger partial charge in [0.15, 0.2) is 0 Å². The third-order valence-electron chi connectivity index (χ3n) is 6.61. The molecule has 1 N–H and O–H groups in total. The van der Waals surface area contributed by atoms with Gasteiger partial charge in [0.2, 0.25) is 5.76 Å². The molecule has 0 aliphatic carbocycles. The van der Waals surface area contributed by atoms with E-state index in [1.54, 1.807) is 24.3 Å². The van der Waals surface area contributed by atoms with Gasteiger partial charge < -0.3 is 14.6 Å². The van der Waals surface area contributed by atoms with E-state index >= 15 is 0 Å². The van der Waals surface area contributed by atoms with Crippen molar-refractivity contribution >= 4 is 5.97 Å². The average molecular weight is 612 g/mol. The number of alkyl halides is 3. The number of carbonyl (C=O) groups excluding carboxylic acids is 1. The topological polar surface area (TPSA) is 60.1 Å². The van der Waals surface area contributed by atoms with Gasteiger partial charge in [-0.2, -0.15) is 13.2 Å². The third kappa shape index (κ3) is 18.2. The Balaban J connectivity index is 0.0000152. The summed E-state index contributed by atoms with van der Waals surface area (Å²) < 4.78 is 47.9. The number of aliphatic hydroxyl groups is 1. The van der Waals surface area contributed by atoms with Gasteiger partial charge in [0.25, 0.3) is 0 Å². The summed E-state index contributed by atoms with van der Waals surface area (Å²) in [6.45, 7) is 9.37. The molecule has 0 unspecified atom stereocenters. The number of aliphatic hydroxyl groups excluding tert-OH is 1. The molecule has 0 saturated heterocycles. The van der Waals surface area contributed by atoms with Crippen molar-refractivity contribution in [1.29, 1.82) is 0 Å². The molecule has 0 radical (unpaired) electrons. The number of rotatable bonds is 22. The molecule has 0 spiro atoms. The van der Waals surface area contributed by atoms with E-state index in [0.29, 0.717) is 6.61 Å². The smallest absolute Gasteiger partial charge is 0.438 e. The summed E-state index contributed by atoms with van der Waals surface area (Å²) in [4.78, 5) is 14.1. The number of benzene rings is 1. The predicted octanol–water partition coefficient (Wildman–Crippen LogP) is 9.66. The first-order valence-corrected chi connectivity index (χ1v) is 14.6. The maximum Gasteiger partial charge on any atom is 0.438 e.